The van der Waals surface area contributed by atoms with E-state index in [1.807, 2.05) is 48.5 Å². The van der Waals surface area contributed by atoms with E-state index in [-0.39, 0.29) is 23.8 Å². The van der Waals surface area contributed by atoms with Crippen molar-refractivity contribution >= 4 is 41.2 Å². The fourth-order valence-corrected chi connectivity index (χ4v) is 6.37. The number of carbonyl (C=O) groups excluding carboxylic acids is 4. The molecule has 0 aliphatic carbocycles. The summed E-state index contributed by atoms with van der Waals surface area (Å²) in [6.07, 6.45) is -2.84. The third-order valence-electron chi connectivity index (χ3n) is 7.95. The number of benzene rings is 2. The van der Waals surface area contributed by atoms with E-state index in [1.54, 1.807) is 0 Å². The molecule has 13 heteroatoms. The third kappa shape index (κ3) is 10.2. The minimum Gasteiger partial charge on any atom is -0.463 e. The number of hydrogen-bond donors (Lipinski definition) is 2. The highest BCUT2D eigenvalue weighted by Gasteiger charge is 2.52. The number of esters is 4. The van der Waals surface area contributed by atoms with Crippen molar-refractivity contribution in [3.05, 3.63) is 71.8 Å². The molecule has 0 aromatic heterocycles. The summed E-state index contributed by atoms with van der Waals surface area (Å²) in [5.74, 6) is -2.71. The first kappa shape index (κ1) is 35.8. The summed E-state index contributed by atoms with van der Waals surface area (Å²) in [6.45, 7) is 6.27. The molecule has 7 atom stereocenters. The van der Waals surface area contributed by atoms with Crippen molar-refractivity contribution in [2.75, 3.05) is 19.7 Å². The van der Waals surface area contributed by atoms with Crippen molar-refractivity contribution in [2.45, 2.75) is 89.7 Å². The first-order valence-electron chi connectivity index (χ1n) is 15.7. The molecular weight excluding hydrogens is 626 g/mol. The van der Waals surface area contributed by atoms with E-state index in [0.717, 1.165) is 37.1 Å². The van der Waals surface area contributed by atoms with Gasteiger partial charge in [-0.05, 0) is 49.3 Å². The molecule has 7 unspecified atom stereocenters. The molecule has 2 saturated heterocycles. The average Bonchev–Trinajstić information content (AvgIpc) is 3.03. The minimum atomic E-state index is -1.31. The molecule has 4 rings (SSSR count). The minimum absolute atomic E-state index is 0.0888. The number of ether oxygens (including phenoxy) is 5. The second kappa shape index (κ2) is 17.2. The highest BCUT2D eigenvalue weighted by atomic mass is 32.1. The maximum Gasteiger partial charge on any atom is 0.303 e. The van der Waals surface area contributed by atoms with Gasteiger partial charge in [0.25, 0.3) is 0 Å². The van der Waals surface area contributed by atoms with Gasteiger partial charge in [0, 0.05) is 27.7 Å². The van der Waals surface area contributed by atoms with E-state index in [2.05, 4.69) is 27.7 Å². The monoisotopic (exact) mass is 669 g/mol. The van der Waals surface area contributed by atoms with Crippen LogP contribution in [0.1, 0.15) is 70.2 Å². The van der Waals surface area contributed by atoms with Crippen LogP contribution in [0.15, 0.2) is 60.7 Å². The Morgan fingerprint density at radius 1 is 0.766 bits per heavy atom. The summed E-state index contributed by atoms with van der Waals surface area (Å²) >= 11 is 5.88. The molecule has 2 aromatic carbocycles. The van der Waals surface area contributed by atoms with Crippen LogP contribution in [0.2, 0.25) is 0 Å². The first-order chi connectivity index (χ1) is 22.5. The van der Waals surface area contributed by atoms with Gasteiger partial charge in [-0.15, -0.1) is 0 Å². The van der Waals surface area contributed by atoms with Crippen molar-refractivity contribution in [3.8, 4) is 0 Å². The highest BCUT2D eigenvalue weighted by molar-refractivity contribution is 7.80. The fourth-order valence-electron chi connectivity index (χ4n) is 6.12. The van der Waals surface area contributed by atoms with Crippen molar-refractivity contribution in [1.82, 2.24) is 15.5 Å². The molecule has 12 nitrogen and oxygen atoms in total. The number of carbonyl (C=O) groups is 4. The van der Waals surface area contributed by atoms with Gasteiger partial charge in [0.05, 0.1) is 12.1 Å². The molecule has 47 heavy (non-hydrogen) atoms. The van der Waals surface area contributed by atoms with Crippen LogP contribution in [0.25, 0.3) is 0 Å². The molecule has 0 saturated carbocycles. The van der Waals surface area contributed by atoms with E-state index < -0.39 is 54.5 Å². The summed E-state index contributed by atoms with van der Waals surface area (Å²) in [5.41, 5.74) is 2.11. The van der Waals surface area contributed by atoms with E-state index in [9.17, 15) is 19.2 Å². The number of thiocarbonyl (C=S) groups is 1. The molecular formula is C34H43N3O9S. The molecule has 0 radical (unpaired) electrons. The molecule has 2 aliphatic heterocycles. The predicted molar refractivity (Wildman–Crippen MR) is 175 cm³/mol. The van der Waals surface area contributed by atoms with Crippen LogP contribution in [-0.2, 0) is 42.9 Å². The van der Waals surface area contributed by atoms with Crippen molar-refractivity contribution in [2.24, 2.45) is 0 Å². The summed E-state index contributed by atoms with van der Waals surface area (Å²) < 4.78 is 28.1. The standard InChI is InChI=1S/C34H43N3O9S/c1-21(38)42-20-27-30(43-22(2)39)31(44-23(3)40)32(45-24(4)41)33(46-27)36-34(47)35-28(25-14-8-5-9-15-25)29(26-16-10-6-11-17-26)37-18-12-7-13-19-37/h5-6,8-11,14-17,27-33H,7,12-13,18-20H2,1-4H3,(H2,35,36,47). The SMILES string of the molecule is CC(=O)OCC1OC(NC(=S)NC(c2ccccc2)C(c2ccccc2)N2CCCCC2)C(OC(C)=O)C(OC(C)=O)C1OC(C)=O. The molecule has 2 heterocycles. The molecule has 2 aliphatic rings. The smallest absolute Gasteiger partial charge is 0.303 e. The van der Waals surface area contributed by atoms with E-state index in [0.29, 0.717) is 0 Å². The van der Waals surface area contributed by atoms with Gasteiger partial charge in [-0.25, -0.2) is 0 Å². The summed E-state index contributed by atoms with van der Waals surface area (Å²) in [5, 5.41) is 6.77. The summed E-state index contributed by atoms with van der Waals surface area (Å²) in [6, 6.07) is 19.8. The van der Waals surface area contributed by atoms with E-state index in [1.165, 1.54) is 34.1 Å². The average molecular weight is 670 g/mol. The Bertz CT molecular complexity index is 1370. The van der Waals surface area contributed by atoms with Gasteiger partial charge in [-0.3, -0.25) is 24.1 Å². The quantitative estimate of drug-likeness (QED) is 0.205. The molecule has 0 spiro atoms. The number of nitrogens with zero attached hydrogens (tertiary/aromatic N) is 1. The lowest BCUT2D eigenvalue weighted by atomic mass is 9.90. The largest absolute Gasteiger partial charge is 0.463 e. The summed E-state index contributed by atoms with van der Waals surface area (Å²) in [4.78, 5) is 50.8. The van der Waals surface area contributed by atoms with Gasteiger partial charge in [0.15, 0.2) is 29.7 Å². The topological polar surface area (TPSA) is 142 Å². The fraction of sp³-hybridized carbons (Fsp3) is 0.500. The zero-order valence-corrected chi connectivity index (χ0v) is 27.9. The van der Waals surface area contributed by atoms with Gasteiger partial charge < -0.3 is 34.3 Å². The van der Waals surface area contributed by atoms with Crippen LogP contribution in [0.3, 0.4) is 0 Å². The van der Waals surface area contributed by atoms with Gasteiger partial charge >= 0.3 is 23.9 Å². The molecule has 254 valence electrons. The maximum absolute atomic E-state index is 12.3. The molecule has 0 amide bonds. The maximum atomic E-state index is 12.3. The second-order valence-electron chi connectivity index (χ2n) is 11.6. The molecule has 0 bridgehead atoms. The summed E-state index contributed by atoms with van der Waals surface area (Å²) in [7, 11) is 0. The third-order valence-corrected chi connectivity index (χ3v) is 8.19. The van der Waals surface area contributed by atoms with Crippen LogP contribution >= 0.6 is 12.2 Å². The lowest BCUT2D eigenvalue weighted by Gasteiger charge is -2.45. The molecule has 2 aromatic rings. The van der Waals surface area contributed by atoms with Crippen LogP contribution in [0.5, 0.6) is 0 Å². The Kier molecular flexibility index (Phi) is 13.1. The number of piperidine rings is 1. The number of nitrogens with one attached hydrogen (secondary N) is 2. The van der Waals surface area contributed by atoms with Gasteiger partial charge in [0.2, 0.25) is 0 Å². The Hall–Kier alpha value is -4.07. The van der Waals surface area contributed by atoms with E-state index in [4.69, 9.17) is 35.9 Å². The zero-order chi connectivity index (χ0) is 33.9. The predicted octanol–water partition coefficient (Wildman–Crippen LogP) is 3.50. The Labute approximate surface area is 280 Å². The van der Waals surface area contributed by atoms with Crippen LogP contribution < -0.4 is 10.6 Å². The van der Waals surface area contributed by atoms with Crippen molar-refractivity contribution in [1.29, 1.82) is 0 Å². The lowest BCUT2D eigenvalue weighted by Crippen LogP contribution is -2.67. The lowest BCUT2D eigenvalue weighted by molar-refractivity contribution is -0.255. The van der Waals surface area contributed by atoms with Crippen LogP contribution in [0, 0.1) is 0 Å². The van der Waals surface area contributed by atoms with Crippen molar-refractivity contribution in [3.63, 3.8) is 0 Å². The van der Waals surface area contributed by atoms with Crippen LogP contribution in [0.4, 0.5) is 0 Å². The normalized spacial score (nSPS) is 24.1. The molecule has 2 N–H and O–H groups in total. The van der Waals surface area contributed by atoms with Crippen molar-refractivity contribution < 1.29 is 42.9 Å². The highest BCUT2D eigenvalue weighted by Crippen LogP contribution is 2.36. The van der Waals surface area contributed by atoms with E-state index >= 15 is 0 Å². The van der Waals surface area contributed by atoms with Gasteiger partial charge in [-0.2, -0.15) is 0 Å². The van der Waals surface area contributed by atoms with Crippen LogP contribution in [-0.4, -0.2) is 84.2 Å². The molecule has 2 fully saturated rings. The number of rotatable bonds is 11. The number of hydrogen-bond acceptors (Lipinski definition) is 11. The van der Waals surface area contributed by atoms with Gasteiger partial charge in [0.1, 0.15) is 12.7 Å². The number of likely N-dealkylation sites (tertiary alicyclic amines) is 1. The Morgan fingerprint density at radius 2 is 1.30 bits per heavy atom. The van der Waals surface area contributed by atoms with Gasteiger partial charge in [-0.1, -0.05) is 67.1 Å². The Morgan fingerprint density at radius 3 is 1.85 bits per heavy atom. The first-order valence-corrected chi connectivity index (χ1v) is 16.2. The zero-order valence-electron chi connectivity index (χ0n) is 27.1. The second-order valence-corrected chi connectivity index (χ2v) is 12.0. The Balaban J connectivity index is 1.69.